The Kier molecular flexibility index (Phi) is 15.8. The Labute approximate surface area is 170 Å². The second-order valence-electron chi connectivity index (χ2n) is 5.43. The zero-order chi connectivity index (χ0) is 21.1. The highest BCUT2D eigenvalue weighted by Gasteiger charge is 2.40. The van der Waals surface area contributed by atoms with E-state index >= 15 is 0 Å². The summed E-state index contributed by atoms with van der Waals surface area (Å²) in [5.41, 5.74) is 0. The third-order valence-electron chi connectivity index (χ3n) is 3.09. The van der Waals surface area contributed by atoms with Crippen LogP contribution in [0.4, 0.5) is 0 Å². The largest absolute Gasteiger partial charge is 0.501 e. The van der Waals surface area contributed by atoms with Crippen molar-refractivity contribution in [2.45, 2.75) is 19.4 Å². The molecule has 28 heavy (non-hydrogen) atoms. The minimum absolute atomic E-state index is 0.0535. The molecule has 0 aliphatic rings. The molecule has 0 aliphatic carbocycles. The summed E-state index contributed by atoms with van der Waals surface area (Å²) in [5.74, 6) is 0.578. The first-order chi connectivity index (χ1) is 13.6. The van der Waals surface area contributed by atoms with Gasteiger partial charge in [0.1, 0.15) is 26.4 Å². The van der Waals surface area contributed by atoms with Gasteiger partial charge in [-0.05, 0) is 0 Å². The molecule has 0 saturated heterocycles. The van der Waals surface area contributed by atoms with Gasteiger partial charge in [-0.25, -0.2) is 0 Å². The normalized spacial score (nSPS) is 10.5. The van der Waals surface area contributed by atoms with Crippen molar-refractivity contribution in [2.24, 2.45) is 0 Å². The van der Waals surface area contributed by atoms with Gasteiger partial charge in [0, 0.05) is 6.04 Å². The predicted octanol–water partition coefficient (Wildman–Crippen LogP) is 4.53. The zero-order valence-corrected chi connectivity index (χ0v) is 18.0. The molecule has 0 fully saturated rings. The summed E-state index contributed by atoms with van der Waals surface area (Å²) in [4.78, 5) is 0. The van der Waals surface area contributed by atoms with Crippen LogP contribution in [-0.4, -0.2) is 48.4 Å². The average molecular weight is 411 g/mol. The second-order valence-corrected chi connectivity index (χ2v) is 8.16. The van der Waals surface area contributed by atoms with E-state index in [0.29, 0.717) is 25.0 Å². The molecule has 0 aromatic heterocycles. The monoisotopic (exact) mass is 410 g/mol. The van der Waals surface area contributed by atoms with Gasteiger partial charge in [0.25, 0.3) is 0 Å². The first kappa shape index (κ1) is 25.9. The molecule has 6 nitrogen and oxygen atoms in total. The molecule has 158 valence electrons. The van der Waals surface area contributed by atoms with Crippen molar-refractivity contribution in [2.75, 3.05) is 39.6 Å². The van der Waals surface area contributed by atoms with Crippen LogP contribution in [-0.2, 0) is 27.5 Å². The van der Waals surface area contributed by atoms with E-state index in [1.807, 2.05) is 6.92 Å². The summed E-state index contributed by atoms with van der Waals surface area (Å²) in [6.45, 7) is 21.9. The van der Waals surface area contributed by atoms with Crippen LogP contribution >= 0.6 is 0 Å². The fourth-order valence-corrected chi connectivity index (χ4v) is 4.38. The number of ether oxygens (including phenoxy) is 3. The molecule has 7 heteroatoms. The van der Waals surface area contributed by atoms with Crippen LogP contribution in [0.25, 0.3) is 0 Å². The maximum atomic E-state index is 6.14. The van der Waals surface area contributed by atoms with Crippen LogP contribution < -0.4 is 0 Å². The van der Waals surface area contributed by atoms with Crippen LogP contribution in [0.3, 0.4) is 0 Å². The van der Waals surface area contributed by atoms with Crippen LogP contribution in [0, 0.1) is 0 Å². The fourth-order valence-electron chi connectivity index (χ4n) is 1.99. The first-order valence-electron chi connectivity index (χ1n) is 9.20. The SMILES string of the molecule is C=CCOC(CO[Si](CCC)(OCC=C)OCC=C)=C(OCC=C)OCC=C. The molecule has 0 aliphatic heterocycles. The van der Waals surface area contributed by atoms with Gasteiger partial charge in [-0.15, -0.1) is 13.2 Å². The van der Waals surface area contributed by atoms with Gasteiger partial charge in [0.2, 0.25) is 5.76 Å². The molecule has 0 spiro atoms. The van der Waals surface area contributed by atoms with Crippen molar-refractivity contribution < 1.29 is 27.5 Å². The number of rotatable bonds is 20. The minimum Gasteiger partial charge on any atom is -0.484 e. The van der Waals surface area contributed by atoms with E-state index in [2.05, 4.69) is 32.9 Å². The molecule has 0 bridgehead atoms. The van der Waals surface area contributed by atoms with Crippen LogP contribution in [0.2, 0.25) is 6.04 Å². The Morgan fingerprint density at radius 1 is 0.679 bits per heavy atom. The highest BCUT2D eigenvalue weighted by molar-refractivity contribution is 6.60. The average Bonchev–Trinajstić information content (AvgIpc) is 2.71. The Hall–Kier alpha value is -2.06. The standard InChI is InChI=1S/C21H34O6Si/c1-7-13-22-20(21(23-14-8-2)24-15-9-3)19-27-28(18-12-6,25-16-10-4)26-17-11-5/h7-11H,1-5,12-19H2,6H3. The van der Waals surface area contributed by atoms with Gasteiger partial charge in [0.15, 0.2) is 0 Å². The molecule has 0 rings (SSSR count). The molecule has 0 radical (unpaired) electrons. The Bertz CT molecular complexity index is 489. The summed E-state index contributed by atoms with van der Waals surface area (Å²) in [6.07, 6.45) is 9.00. The summed E-state index contributed by atoms with van der Waals surface area (Å²) < 4.78 is 34.9. The molecule has 0 heterocycles. The van der Waals surface area contributed by atoms with Crippen molar-refractivity contribution in [3.8, 4) is 0 Å². The maximum absolute atomic E-state index is 6.14. The molecular weight excluding hydrogens is 376 g/mol. The molecule has 0 aromatic rings. The number of hydrogen-bond donors (Lipinski definition) is 0. The van der Waals surface area contributed by atoms with Gasteiger partial charge in [-0.2, -0.15) is 0 Å². The maximum Gasteiger partial charge on any atom is 0.501 e. The molecule has 0 aromatic carbocycles. The van der Waals surface area contributed by atoms with Gasteiger partial charge >= 0.3 is 14.7 Å². The molecule has 0 saturated carbocycles. The summed E-state index contributed by atoms with van der Waals surface area (Å²) in [6, 6.07) is 0.639. The number of hydrogen-bond acceptors (Lipinski definition) is 6. The highest BCUT2D eigenvalue weighted by Crippen LogP contribution is 2.21. The van der Waals surface area contributed by atoms with Gasteiger partial charge in [0.05, 0.1) is 13.2 Å². The molecule has 0 N–H and O–H groups in total. The van der Waals surface area contributed by atoms with Crippen molar-refractivity contribution in [1.29, 1.82) is 0 Å². The lowest BCUT2D eigenvalue weighted by molar-refractivity contribution is 0.0178. The molecule has 0 amide bonds. The predicted molar refractivity (Wildman–Crippen MR) is 115 cm³/mol. The topological polar surface area (TPSA) is 55.4 Å². The Morgan fingerprint density at radius 2 is 1.14 bits per heavy atom. The second kappa shape index (κ2) is 17.1. The highest BCUT2D eigenvalue weighted by atomic mass is 28.4. The third kappa shape index (κ3) is 10.9. The molecular formula is C21H34O6Si. The van der Waals surface area contributed by atoms with Gasteiger partial charge in [-0.1, -0.05) is 63.5 Å². The quantitative estimate of drug-likeness (QED) is 0.167. The molecule has 0 unspecified atom stereocenters. The summed E-state index contributed by atoms with van der Waals surface area (Å²) >= 11 is 0. The Balaban J connectivity index is 5.58. The Morgan fingerprint density at radius 3 is 1.57 bits per heavy atom. The van der Waals surface area contributed by atoms with Crippen LogP contribution in [0.1, 0.15) is 13.3 Å². The first-order valence-corrected chi connectivity index (χ1v) is 11.1. The third-order valence-corrected chi connectivity index (χ3v) is 6.00. The summed E-state index contributed by atoms with van der Waals surface area (Å²) in [5, 5.41) is 0. The molecule has 0 atom stereocenters. The lowest BCUT2D eigenvalue weighted by Crippen LogP contribution is -2.46. The zero-order valence-electron chi connectivity index (χ0n) is 17.0. The van der Waals surface area contributed by atoms with E-state index < -0.39 is 8.80 Å². The van der Waals surface area contributed by atoms with Crippen molar-refractivity contribution >= 4 is 8.80 Å². The van der Waals surface area contributed by atoms with E-state index in [1.165, 1.54) is 0 Å². The lowest BCUT2D eigenvalue weighted by atomic mass is 10.5. The van der Waals surface area contributed by atoms with Crippen molar-refractivity contribution in [3.63, 3.8) is 0 Å². The van der Waals surface area contributed by atoms with E-state index in [4.69, 9.17) is 27.5 Å². The van der Waals surface area contributed by atoms with Crippen molar-refractivity contribution in [1.82, 2.24) is 0 Å². The smallest absolute Gasteiger partial charge is 0.484 e. The van der Waals surface area contributed by atoms with Gasteiger partial charge < -0.3 is 27.5 Å². The van der Waals surface area contributed by atoms with Crippen LogP contribution in [0.5, 0.6) is 0 Å². The lowest BCUT2D eigenvalue weighted by Gasteiger charge is -2.29. The van der Waals surface area contributed by atoms with E-state index in [9.17, 15) is 0 Å². The van der Waals surface area contributed by atoms with Crippen LogP contribution in [0.15, 0.2) is 75.0 Å². The summed E-state index contributed by atoms with van der Waals surface area (Å²) in [7, 11) is -2.98. The van der Waals surface area contributed by atoms with Crippen molar-refractivity contribution in [3.05, 3.63) is 75.0 Å². The van der Waals surface area contributed by atoms with E-state index in [1.54, 1.807) is 30.4 Å². The minimum atomic E-state index is -2.98. The fraction of sp³-hybridized carbons (Fsp3) is 0.429. The van der Waals surface area contributed by atoms with E-state index in [0.717, 1.165) is 6.42 Å². The van der Waals surface area contributed by atoms with Gasteiger partial charge in [-0.3, -0.25) is 0 Å². The van der Waals surface area contributed by atoms with E-state index in [-0.39, 0.29) is 32.4 Å².